The van der Waals surface area contributed by atoms with Gasteiger partial charge in [-0.2, -0.15) is 0 Å². The summed E-state index contributed by atoms with van der Waals surface area (Å²) in [5.41, 5.74) is 5.38. The molecule has 0 aliphatic rings. The molecule has 0 unspecified atom stereocenters. The summed E-state index contributed by atoms with van der Waals surface area (Å²) in [6, 6.07) is 1.75. The van der Waals surface area contributed by atoms with E-state index in [1.807, 2.05) is 0 Å². The Bertz CT molecular complexity index is 466. The van der Waals surface area contributed by atoms with E-state index in [0.717, 1.165) is 12.1 Å². The summed E-state index contributed by atoms with van der Waals surface area (Å²) in [4.78, 5) is 10.5. The third kappa shape index (κ3) is 4.11. The molecule has 0 aliphatic heterocycles. The Morgan fingerprint density at radius 1 is 1.47 bits per heavy atom. The molecule has 0 spiro atoms. The zero-order valence-electron chi connectivity index (χ0n) is 9.31. The first-order valence-electron chi connectivity index (χ1n) is 4.98. The predicted octanol–water partition coefficient (Wildman–Crippen LogP) is 1.42. The molecule has 0 saturated heterocycles. The summed E-state index contributed by atoms with van der Waals surface area (Å²) >= 11 is 0. The number of nitrogen functional groups attached to an aromatic ring is 1. The van der Waals surface area contributed by atoms with Crippen LogP contribution in [0.3, 0.4) is 0 Å². The van der Waals surface area contributed by atoms with Crippen LogP contribution in [0.2, 0.25) is 0 Å². The third-order valence-corrected chi connectivity index (χ3v) is 1.92. The Hall–Kier alpha value is -2.09. The van der Waals surface area contributed by atoms with Crippen LogP contribution in [0.4, 0.5) is 14.5 Å². The van der Waals surface area contributed by atoms with Crippen molar-refractivity contribution in [2.45, 2.75) is 13.3 Å². The average Bonchev–Trinajstić information content (AvgIpc) is 2.20. The van der Waals surface area contributed by atoms with Gasteiger partial charge in [-0.1, -0.05) is 11.8 Å². The molecule has 1 amide bonds. The van der Waals surface area contributed by atoms with Gasteiger partial charge >= 0.3 is 0 Å². The van der Waals surface area contributed by atoms with Crippen LogP contribution >= 0.6 is 0 Å². The lowest BCUT2D eigenvalue weighted by Gasteiger charge is -2.00. The Labute approximate surface area is 98.0 Å². The van der Waals surface area contributed by atoms with Gasteiger partial charge in [0, 0.05) is 26.0 Å². The van der Waals surface area contributed by atoms with Crippen LogP contribution in [0.1, 0.15) is 18.9 Å². The lowest BCUT2D eigenvalue weighted by atomic mass is 10.1. The largest absolute Gasteiger partial charge is 0.398 e. The molecular formula is C12H12F2N2O. The number of nitrogens with two attached hydrogens (primary N) is 1. The highest BCUT2D eigenvalue weighted by Crippen LogP contribution is 2.16. The Kier molecular flexibility index (Phi) is 4.46. The van der Waals surface area contributed by atoms with Crippen LogP contribution in [-0.4, -0.2) is 12.5 Å². The van der Waals surface area contributed by atoms with Crippen LogP contribution in [0, 0.1) is 23.5 Å². The number of nitrogens with one attached hydrogen (secondary N) is 1. The molecule has 0 aromatic heterocycles. The van der Waals surface area contributed by atoms with Gasteiger partial charge in [0.2, 0.25) is 5.91 Å². The molecule has 1 rings (SSSR count). The molecule has 0 fully saturated rings. The standard InChI is InChI=1S/C12H12F2N2O/c1-8(17)16-5-3-2-4-10-11(14)6-9(13)7-12(10)15/h6-7H,3,5,15H2,1H3,(H,16,17). The van der Waals surface area contributed by atoms with Crippen LogP contribution < -0.4 is 11.1 Å². The first-order chi connectivity index (χ1) is 8.00. The van der Waals surface area contributed by atoms with E-state index in [-0.39, 0.29) is 17.2 Å². The molecule has 3 nitrogen and oxygen atoms in total. The Morgan fingerprint density at radius 2 is 2.18 bits per heavy atom. The number of hydrogen-bond acceptors (Lipinski definition) is 2. The third-order valence-electron chi connectivity index (χ3n) is 1.92. The molecule has 3 N–H and O–H groups in total. The van der Waals surface area contributed by atoms with E-state index in [9.17, 15) is 13.6 Å². The number of halogens is 2. The molecule has 5 heteroatoms. The fourth-order valence-electron chi connectivity index (χ4n) is 1.18. The second-order valence-corrected chi connectivity index (χ2v) is 3.39. The molecule has 0 radical (unpaired) electrons. The summed E-state index contributed by atoms with van der Waals surface area (Å²) in [6.45, 7) is 1.77. The van der Waals surface area contributed by atoms with Crippen molar-refractivity contribution in [3.8, 4) is 11.8 Å². The monoisotopic (exact) mass is 238 g/mol. The Morgan fingerprint density at radius 3 is 2.76 bits per heavy atom. The predicted molar refractivity (Wildman–Crippen MR) is 60.9 cm³/mol. The second-order valence-electron chi connectivity index (χ2n) is 3.39. The van der Waals surface area contributed by atoms with Gasteiger partial charge in [-0.25, -0.2) is 8.78 Å². The van der Waals surface area contributed by atoms with Crippen molar-refractivity contribution in [1.29, 1.82) is 0 Å². The van der Waals surface area contributed by atoms with Gasteiger partial charge in [0.25, 0.3) is 0 Å². The lowest BCUT2D eigenvalue weighted by molar-refractivity contribution is -0.118. The van der Waals surface area contributed by atoms with Crippen molar-refractivity contribution < 1.29 is 13.6 Å². The van der Waals surface area contributed by atoms with E-state index in [4.69, 9.17) is 5.73 Å². The lowest BCUT2D eigenvalue weighted by Crippen LogP contribution is -2.20. The van der Waals surface area contributed by atoms with E-state index in [0.29, 0.717) is 13.0 Å². The van der Waals surface area contributed by atoms with E-state index in [2.05, 4.69) is 17.2 Å². The summed E-state index contributed by atoms with van der Waals surface area (Å²) in [6.07, 6.45) is 0.371. The maximum atomic E-state index is 13.3. The van der Waals surface area contributed by atoms with Gasteiger partial charge in [-0.05, 0) is 6.07 Å². The first-order valence-corrected chi connectivity index (χ1v) is 4.98. The second kappa shape index (κ2) is 5.85. The summed E-state index contributed by atoms with van der Waals surface area (Å²) in [7, 11) is 0. The molecule has 0 bridgehead atoms. The average molecular weight is 238 g/mol. The minimum atomic E-state index is -0.783. The van der Waals surface area contributed by atoms with E-state index in [1.54, 1.807) is 0 Å². The normalized spacial score (nSPS) is 9.35. The maximum absolute atomic E-state index is 13.3. The van der Waals surface area contributed by atoms with E-state index >= 15 is 0 Å². The molecule has 0 heterocycles. The number of benzene rings is 1. The van der Waals surface area contributed by atoms with E-state index < -0.39 is 11.6 Å². The summed E-state index contributed by atoms with van der Waals surface area (Å²) in [5.74, 6) is 3.50. The van der Waals surface area contributed by atoms with Crippen molar-refractivity contribution >= 4 is 11.6 Å². The molecule has 90 valence electrons. The number of carbonyl (C=O) groups is 1. The topological polar surface area (TPSA) is 55.1 Å². The van der Waals surface area contributed by atoms with Crippen molar-refractivity contribution in [2.75, 3.05) is 12.3 Å². The fourth-order valence-corrected chi connectivity index (χ4v) is 1.18. The minimum absolute atomic E-state index is 0.0192. The van der Waals surface area contributed by atoms with Gasteiger partial charge < -0.3 is 11.1 Å². The SMILES string of the molecule is CC(=O)NCCC#Cc1c(N)cc(F)cc1F. The zero-order valence-corrected chi connectivity index (χ0v) is 9.31. The fraction of sp³-hybridized carbons (Fsp3) is 0.250. The van der Waals surface area contributed by atoms with Crippen molar-refractivity contribution in [1.82, 2.24) is 5.32 Å². The smallest absolute Gasteiger partial charge is 0.216 e. The van der Waals surface area contributed by atoms with Crippen LogP contribution in [-0.2, 0) is 4.79 Å². The van der Waals surface area contributed by atoms with Gasteiger partial charge in [-0.15, -0.1) is 0 Å². The summed E-state index contributed by atoms with van der Waals surface area (Å²) in [5, 5.41) is 2.54. The van der Waals surface area contributed by atoms with Crippen LogP contribution in [0.5, 0.6) is 0 Å². The highest BCUT2D eigenvalue weighted by atomic mass is 19.1. The van der Waals surface area contributed by atoms with Crippen molar-refractivity contribution in [3.05, 3.63) is 29.3 Å². The summed E-state index contributed by atoms with van der Waals surface area (Å²) < 4.78 is 26.0. The molecule has 1 aromatic carbocycles. The molecule has 0 aliphatic carbocycles. The van der Waals surface area contributed by atoms with E-state index in [1.165, 1.54) is 6.92 Å². The van der Waals surface area contributed by atoms with Crippen LogP contribution in [0.15, 0.2) is 12.1 Å². The molecular weight excluding hydrogens is 226 g/mol. The minimum Gasteiger partial charge on any atom is -0.398 e. The van der Waals surface area contributed by atoms with Gasteiger partial charge in [0.05, 0.1) is 11.3 Å². The molecule has 17 heavy (non-hydrogen) atoms. The zero-order chi connectivity index (χ0) is 12.8. The number of anilines is 1. The number of carbonyl (C=O) groups excluding carboxylic acids is 1. The van der Waals surface area contributed by atoms with Gasteiger partial charge in [0.15, 0.2) is 0 Å². The molecule has 0 atom stereocenters. The van der Waals surface area contributed by atoms with Crippen LogP contribution in [0.25, 0.3) is 0 Å². The number of amides is 1. The number of hydrogen-bond donors (Lipinski definition) is 2. The highest BCUT2D eigenvalue weighted by Gasteiger charge is 2.06. The molecule has 1 aromatic rings. The molecule has 0 saturated carbocycles. The number of rotatable bonds is 2. The highest BCUT2D eigenvalue weighted by molar-refractivity contribution is 5.72. The van der Waals surface area contributed by atoms with Gasteiger partial charge in [-0.3, -0.25) is 4.79 Å². The quantitative estimate of drug-likeness (QED) is 0.465. The van der Waals surface area contributed by atoms with Crippen molar-refractivity contribution in [2.24, 2.45) is 0 Å². The maximum Gasteiger partial charge on any atom is 0.216 e. The van der Waals surface area contributed by atoms with Crippen molar-refractivity contribution in [3.63, 3.8) is 0 Å². The Balaban J connectivity index is 2.69. The van der Waals surface area contributed by atoms with Gasteiger partial charge in [0.1, 0.15) is 11.6 Å². The first kappa shape index (κ1) is 13.0.